The molecule has 1 aromatic rings. The van der Waals surface area contributed by atoms with Crippen LogP contribution in [0.1, 0.15) is 49.9 Å². The van der Waals surface area contributed by atoms with Crippen LogP contribution in [0.5, 0.6) is 0 Å². The lowest BCUT2D eigenvalue weighted by molar-refractivity contribution is -0.384. The second-order valence-corrected chi connectivity index (χ2v) is 7.80. The van der Waals surface area contributed by atoms with Crippen molar-refractivity contribution in [2.45, 2.75) is 45.6 Å². The summed E-state index contributed by atoms with van der Waals surface area (Å²) in [5.74, 6) is 0.178. The molecule has 2 unspecified atom stereocenters. The van der Waals surface area contributed by atoms with E-state index in [4.69, 9.17) is 0 Å². The lowest BCUT2D eigenvalue weighted by Crippen LogP contribution is -2.48. The molecular weight excluding hydrogens is 360 g/mol. The quantitative estimate of drug-likeness (QED) is 0.632. The minimum absolute atomic E-state index is 0.0121. The molecule has 1 N–H and O–H groups in total. The molecule has 0 aromatic heterocycles. The van der Waals surface area contributed by atoms with E-state index in [0.29, 0.717) is 43.3 Å². The molecule has 2 aliphatic rings. The Morgan fingerprint density at radius 3 is 2.43 bits per heavy atom. The summed E-state index contributed by atoms with van der Waals surface area (Å²) in [6.07, 6.45) is 4.33. The Bertz CT molecular complexity index is 759. The number of carbonyl (C=O) groups excluding carboxylic acids is 2. The second kappa shape index (κ2) is 8.58. The van der Waals surface area contributed by atoms with Gasteiger partial charge in [-0.25, -0.2) is 0 Å². The van der Waals surface area contributed by atoms with Gasteiger partial charge in [-0.3, -0.25) is 19.7 Å². The molecule has 1 aromatic carbocycles. The van der Waals surface area contributed by atoms with Crippen LogP contribution in [0.3, 0.4) is 0 Å². The Morgan fingerprint density at radius 1 is 1.14 bits per heavy atom. The maximum absolute atomic E-state index is 12.6. The minimum atomic E-state index is -0.438. The summed E-state index contributed by atoms with van der Waals surface area (Å²) in [5, 5.41) is 14.7. The van der Waals surface area contributed by atoms with Crippen LogP contribution in [-0.2, 0) is 4.79 Å². The second-order valence-electron chi connectivity index (χ2n) is 7.80. The first-order valence-electron chi connectivity index (χ1n) is 9.96. The first-order chi connectivity index (χ1) is 13.4. The van der Waals surface area contributed by atoms with Crippen LogP contribution in [0.4, 0.5) is 11.4 Å². The number of carbonyl (C=O) groups is 2. The lowest BCUT2D eigenvalue weighted by atomic mass is 9.86. The zero-order chi connectivity index (χ0) is 20.3. The highest BCUT2D eigenvalue weighted by Crippen LogP contribution is 2.31. The predicted molar refractivity (Wildman–Crippen MR) is 106 cm³/mol. The van der Waals surface area contributed by atoms with Gasteiger partial charge < -0.3 is 15.1 Å². The third-order valence-electron chi connectivity index (χ3n) is 5.93. The molecule has 0 spiro atoms. The number of amides is 2. The van der Waals surface area contributed by atoms with E-state index in [1.807, 2.05) is 4.90 Å². The minimum Gasteiger partial charge on any atom is -0.362 e. The summed E-state index contributed by atoms with van der Waals surface area (Å²) in [5.41, 5.74) is 0.743. The molecule has 28 heavy (non-hydrogen) atoms. The van der Waals surface area contributed by atoms with Gasteiger partial charge in [0.1, 0.15) is 5.69 Å². The van der Waals surface area contributed by atoms with E-state index in [0.717, 1.165) is 19.3 Å². The van der Waals surface area contributed by atoms with Crippen LogP contribution in [-0.4, -0.2) is 53.9 Å². The van der Waals surface area contributed by atoms with Crippen molar-refractivity contribution in [3.05, 3.63) is 33.9 Å². The van der Waals surface area contributed by atoms with Gasteiger partial charge in [-0.05, 0) is 30.9 Å². The molecular formula is C20H28N4O4. The molecule has 1 saturated carbocycles. The standard InChI is InChI=1S/C20H28N4O4/c1-14-5-3-4-6-17(14)21-20(26)16-7-8-18(19(13-16)24(27)28)23-11-9-22(10-12-23)15(2)25/h7-8,13-14,17H,3-6,9-12H2,1-2H3,(H,21,26). The van der Waals surface area contributed by atoms with Gasteiger partial charge in [-0.1, -0.05) is 19.8 Å². The van der Waals surface area contributed by atoms with Gasteiger partial charge in [-0.2, -0.15) is 0 Å². The van der Waals surface area contributed by atoms with Crippen LogP contribution in [0, 0.1) is 16.0 Å². The van der Waals surface area contributed by atoms with Crippen molar-refractivity contribution in [3.63, 3.8) is 0 Å². The van der Waals surface area contributed by atoms with E-state index in [1.165, 1.54) is 19.4 Å². The molecule has 8 heteroatoms. The monoisotopic (exact) mass is 388 g/mol. The number of rotatable bonds is 4. The van der Waals surface area contributed by atoms with Gasteiger partial charge in [-0.15, -0.1) is 0 Å². The van der Waals surface area contributed by atoms with Gasteiger partial charge in [0.2, 0.25) is 5.91 Å². The maximum atomic E-state index is 12.6. The van der Waals surface area contributed by atoms with E-state index in [1.54, 1.807) is 17.0 Å². The molecule has 1 saturated heterocycles. The Balaban J connectivity index is 1.75. The maximum Gasteiger partial charge on any atom is 0.293 e. The number of anilines is 1. The number of nitro benzene ring substituents is 1. The zero-order valence-electron chi connectivity index (χ0n) is 16.5. The van der Waals surface area contributed by atoms with Crippen molar-refractivity contribution < 1.29 is 14.5 Å². The molecule has 1 aliphatic heterocycles. The summed E-state index contributed by atoms with van der Waals surface area (Å²) in [7, 11) is 0. The number of piperazine rings is 1. The molecule has 2 fully saturated rings. The van der Waals surface area contributed by atoms with Crippen molar-refractivity contribution in [1.29, 1.82) is 0 Å². The Kier molecular flexibility index (Phi) is 6.16. The number of hydrogen-bond acceptors (Lipinski definition) is 5. The van der Waals surface area contributed by atoms with Crippen molar-refractivity contribution in [2.75, 3.05) is 31.1 Å². The molecule has 1 heterocycles. The zero-order valence-corrected chi connectivity index (χ0v) is 16.5. The molecule has 1 aliphatic carbocycles. The van der Waals surface area contributed by atoms with Gasteiger partial charge >= 0.3 is 0 Å². The van der Waals surface area contributed by atoms with Crippen molar-refractivity contribution in [3.8, 4) is 0 Å². The third-order valence-corrected chi connectivity index (χ3v) is 5.93. The number of nitro groups is 1. The lowest BCUT2D eigenvalue weighted by Gasteiger charge is -2.35. The van der Waals surface area contributed by atoms with Crippen LogP contribution >= 0.6 is 0 Å². The van der Waals surface area contributed by atoms with Gasteiger partial charge in [0, 0.05) is 50.8 Å². The Hall–Kier alpha value is -2.64. The first kappa shape index (κ1) is 20.1. The van der Waals surface area contributed by atoms with Crippen molar-refractivity contribution >= 4 is 23.2 Å². The fraction of sp³-hybridized carbons (Fsp3) is 0.600. The summed E-state index contributed by atoms with van der Waals surface area (Å²) in [4.78, 5) is 39.0. The normalized spacial score (nSPS) is 22.6. The Morgan fingerprint density at radius 2 is 1.82 bits per heavy atom. The third kappa shape index (κ3) is 4.43. The number of benzene rings is 1. The molecule has 2 amide bonds. The fourth-order valence-corrected chi connectivity index (χ4v) is 4.12. The van der Waals surface area contributed by atoms with Crippen LogP contribution in [0.15, 0.2) is 18.2 Å². The molecule has 8 nitrogen and oxygen atoms in total. The summed E-state index contributed by atoms with van der Waals surface area (Å²) in [6.45, 7) is 5.80. The van der Waals surface area contributed by atoms with Gasteiger partial charge in [0.05, 0.1) is 4.92 Å². The fourth-order valence-electron chi connectivity index (χ4n) is 4.12. The van der Waals surface area contributed by atoms with Crippen LogP contribution in [0.25, 0.3) is 0 Å². The molecule has 2 atom stereocenters. The number of nitrogens with one attached hydrogen (secondary N) is 1. The van der Waals surface area contributed by atoms with E-state index in [-0.39, 0.29) is 23.5 Å². The molecule has 0 radical (unpaired) electrons. The highest BCUT2D eigenvalue weighted by atomic mass is 16.6. The highest BCUT2D eigenvalue weighted by Gasteiger charge is 2.27. The largest absolute Gasteiger partial charge is 0.362 e. The molecule has 3 rings (SSSR count). The van der Waals surface area contributed by atoms with E-state index < -0.39 is 4.92 Å². The van der Waals surface area contributed by atoms with Crippen molar-refractivity contribution in [1.82, 2.24) is 10.2 Å². The van der Waals surface area contributed by atoms with Crippen molar-refractivity contribution in [2.24, 2.45) is 5.92 Å². The average Bonchev–Trinajstić information content (AvgIpc) is 2.69. The average molecular weight is 388 g/mol. The SMILES string of the molecule is CC(=O)N1CCN(c2ccc(C(=O)NC3CCCCC3C)cc2[N+](=O)[O-])CC1. The predicted octanol–water partition coefficient (Wildman–Crippen LogP) is 2.57. The topological polar surface area (TPSA) is 95.8 Å². The van der Waals surface area contributed by atoms with Crippen LogP contribution in [0.2, 0.25) is 0 Å². The molecule has 0 bridgehead atoms. The van der Waals surface area contributed by atoms with E-state index in [2.05, 4.69) is 12.2 Å². The van der Waals surface area contributed by atoms with Gasteiger partial charge in [0.15, 0.2) is 0 Å². The molecule has 152 valence electrons. The Labute approximate surface area is 165 Å². The van der Waals surface area contributed by atoms with Crippen LogP contribution < -0.4 is 10.2 Å². The summed E-state index contributed by atoms with van der Waals surface area (Å²) >= 11 is 0. The summed E-state index contributed by atoms with van der Waals surface area (Å²) in [6, 6.07) is 4.80. The smallest absolute Gasteiger partial charge is 0.293 e. The highest BCUT2D eigenvalue weighted by molar-refractivity contribution is 5.96. The number of hydrogen-bond donors (Lipinski definition) is 1. The number of nitrogens with zero attached hydrogens (tertiary/aromatic N) is 3. The summed E-state index contributed by atoms with van der Waals surface area (Å²) < 4.78 is 0. The van der Waals surface area contributed by atoms with E-state index >= 15 is 0 Å². The first-order valence-corrected chi connectivity index (χ1v) is 9.96. The van der Waals surface area contributed by atoms with E-state index in [9.17, 15) is 19.7 Å². The van der Waals surface area contributed by atoms with Gasteiger partial charge in [0.25, 0.3) is 11.6 Å².